The summed E-state index contributed by atoms with van der Waals surface area (Å²) < 4.78 is 4.91. The van der Waals surface area contributed by atoms with E-state index >= 15 is 0 Å². The van der Waals surface area contributed by atoms with E-state index in [4.69, 9.17) is 10.5 Å². The number of amides is 1. The molecule has 6 heteroatoms. The van der Waals surface area contributed by atoms with Gasteiger partial charge in [-0.25, -0.2) is 4.79 Å². The monoisotopic (exact) mass is 256 g/mol. The fraction of sp³-hybridized carbons (Fsp3) is 0.455. The van der Waals surface area contributed by atoms with Crippen molar-refractivity contribution in [3.8, 4) is 0 Å². The highest BCUT2D eigenvalue weighted by Gasteiger charge is 2.18. The van der Waals surface area contributed by atoms with Crippen molar-refractivity contribution in [1.29, 1.82) is 0 Å². The minimum Gasteiger partial charge on any atom is -0.462 e. The third kappa shape index (κ3) is 3.54. The second kappa shape index (κ2) is 5.79. The second-order valence-corrected chi connectivity index (χ2v) is 4.85. The van der Waals surface area contributed by atoms with Crippen LogP contribution in [0.3, 0.4) is 0 Å². The minimum atomic E-state index is -0.618. The van der Waals surface area contributed by atoms with Gasteiger partial charge in [-0.1, -0.05) is 0 Å². The number of rotatable bonds is 4. The molecule has 0 bridgehead atoms. The van der Waals surface area contributed by atoms with Gasteiger partial charge in [0, 0.05) is 4.88 Å². The number of carbonyl (C=O) groups is 2. The van der Waals surface area contributed by atoms with Crippen LogP contribution < -0.4 is 11.1 Å². The first-order valence-corrected chi connectivity index (χ1v) is 6.11. The normalized spacial score (nSPS) is 12.0. The second-order valence-electron chi connectivity index (χ2n) is 3.60. The number of anilines is 1. The Morgan fingerprint density at radius 3 is 2.76 bits per heavy atom. The van der Waals surface area contributed by atoms with Crippen LogP contribution in [0.4, 0.5) is 5.00 Å². The molecule has 1 atom stereocenters. The summed E-state index contributed by atoms with van der Waals surface area (Å²) in [7, 11) is 0. The Kier molecular flexibility index (Phi) is 4.65. The lowest BCUT2D eigenvalue weighted by Crippen LogP contribution is -2.32. The lowest BCUT2D eigenvalue weighted by Gasteiger charge is -2.07. The van der Waals surface area contributed by atoms with Crippen LogP contribution in [0.15, 0.2) is 6.07 Å². The summed E-state index contributed by atoms with van der Waals surface area (Å²) in [5.74, 6) is -0.755. The largest absolute Gasteiger partial charge is 0.462 e. The van der Waals surface area contributed by atoms with Crippen molar-refractivity contribution in [3.63, 3.8) is 0 Å². The summed E-state index contributed by atoms with van der Waals surface area (Å²) >= 11 is 1.33. The lowest BCUT2D eigenvalue weighted by atomic mass is 10.3. The van der Waals surface area contributed by atoms with Gasteiger partial charge in [-0.05, 0) is 26.8 Å². The Hall–Kier alpha value is -1.40. The van der Waals surface area contributed by atoms with Gasteiger partial charge >= 0.3 is 5.97 Å². The molecule has 94 valence electrons. The average Bonchev–Trinajstić information content (AvgIpc) is 2.59. The maximum atomic E-state index is 11.6. The zero-order chi connectivity index (χ0) is 13.0. The number of nitrogens with two attached hydrogens (primary N) is 1. The smallest absolute Gasteiger partial charge is 0.341 e. The summed E-state index contributed by atoms with van der Waals surface area (Å²) in [6, 6.07) is 1.08. The fourth-order valence-corrected chi connectivity index (χ4v) is 2.10. The van der Waals surface area contributed by atoms with E-state index in [-0.39, 0.29) is 5.91 Å². The number of aryl methyl sites for hydroxylation is 1. The van der Waals surface area contributed by atoms with Gasteiger partial charge in [0.05, 0.1) is 18.2 Å². The predicted molar refractivity (Wildman–Crippen MR) is 67.3 cm³/mol. The van der Waals surface area contributed by atoms with Crippen molar-refractivity contribution in [3.05, 3.63) is 16.5 Å². The van der Waals surface area contributed by atoms with Gasteiger partial charge in [0.1, 0.15) is 5.00 Å². The Morgan fingerprint density at radius 2 is 2.24 bits per heavy atom. The van der Waals surface area contributed by atoms with Gasteiger partial charge in [-0.3, -0.25) is 4.79 Å². The SMILES string of the molecule is CCOC(=O)c1cc(C)sc1NC(=O)C(C)N. The molecule has 0 spiro atoms. The number of nitrogens with one attached hydrogen (secondary N) is 1. The van der Waals surface area contributed by atoms with Crippen LogP contribution in [0, 0.1) is 6.92 Å². The standard InChI is InChI=1S/C11H16N2O3S/c1-4-16-11(15)8-5-6(2)17-10(8)13-9(14)7(3)12/h5,7H,4,12H2,1-3H3,(H,13,14). The van der Waals surface area contributed by atoms with Gasteiger partial charge < -0.3 is 15.8 Å². The van der Waals surface area contributed by atoms with Crippen LogP contribution in [-0.2, 0) is 9.53 Å². The minimum absolute atomic E-state index is 0.300. The number of hydrogen-bond donors (Lipinski definition) is 2. The maximum absolute atomic E-state index is 11.6. The molecule has 1 aromatic rings. The predicted octanol–water partition coefficient (Wildman–Crippen LogP) is 1.52. The van der Waals surface area contributed by atoms with Gasteiger partial charge in [0.15, 0.2) is 0 Å². The van der Waals surface area contributed by atoms with Crippen molar-refractivity contribution in [2.45, 2.75) is 26.8 Å². The van der Waals surface area contributed by atoms with Crippen molar-refractivity contribution in [2.24, 2.45) is 5.73 Å². The summed E-state index contributed by atoms with van der Waals surface area (Å²) in [6.07, 6.45) is 0. The highest BCUT2D eigenvalue weighted by Crippen LogP contribution is 2.28. The molecular formula is C11H16N2O3S. The number of carbonyl (C=O) groups excluding carboxylic acids is 2. The fourth-order valence-electron chi connectivity index (χ4n) is 1.19. The van der Waals surface area contributed by atoms with E-state index < -0.39 is 12.0 Å². The summed E-state index contributed by atoms with van der Waals surface area (Å²) in [4.78, 5) is 24.0. The van der Waals surface area contributed by atoms with Crippen LogP contribution >= 0.6 is 11.3 Å². The van der Waals surface area contributed by atoms with E-state index in [0.29, 0.717) is 17.2 Å². The van der Waals surface area contributed by atoms with Crippen LogP contribution in [0.1, 0.15) is 29.1 Å². The molecule has 0 aliphatic heterocycles. The van der Waals surface area contributed by atoms with E-state index in [1.165, 1.54) is 11.3 Å². The van der Waals surface area contributed by atoms with Crippen molar-refractivity contribution in [2.75, 3.05) is 11.9 Å². The molecule has 1 rings (SSSR count). The quantitative estimate of drug-likeness (QED) is 0.800. The molecule has 5 nitrogen and oxygen atoms in total. The summed E-state index contributed by atoms with van der Waals surface area (Å²) in [5, 5.41) is 3.11. The van der Waals surface area contributed by atoms with Crippen molar-refractivity contribution in [1.82, 2.24) is 0 Å². The zero-order valence-electron chi connectivity index (χ0n) is 10.1. The lowest BCUT2D eigenvalue weighted by molar-refractivity contribution is -0.117. The maximum Gasteiger partial charge on any atom is 0.341 e. The van der Waals surface area contributed by atoms with Crippen molar-refractivity contribution < 1.29 is 14.3 Å². The summed E-state index contributed by atoms with van der Waals surface area (Å²) in [5.41, 5.74) is 5.83. The zero-order valence-corrected chi connectivity index (χ0v) is 10.9. The molecule has 1 aromatic heterocycles. The highest BCUT2D eigenvalue weighted by molar-refractivity contribution is 7.16. The highest BCUT2D eigenvalue weighted by atomic mass is 32.1. The van der Waals surface area contributed by atoms with Gasteiger partial charge in [-0.15, -0.1) is 11.3 Å². The van der Waals surface area contributed by atoms with E-state index in [1.54, 1.807) is 19.9 Å². The van der Waals surface area contributed by atoms with Gasteiger partial charge in [-0.2, -0.15) is 0 Å². The third-order valence-electron chi connectivity index (χ3n) is 2.00. The molecule has 0 radical (unpaired) electrons. The van der Waals surface area contributed by atoms with E-state index in [0.717, 1.165) is 4.88 Å². The first-order chi connectivity index (χ1) is 7.95. The molecule has 0 fully saturated rings. The molecule has 0 saturated carbocycles. The number of hydrogen-bond acceptors (Lipinski definition) is 5. The molecule has 1 unspecified atom stereocenters. The van der Waals surface area contributed by atoms with Crippen LogP contribution in [0.2, 0.25) is 0 Å². The molecule has 1 amide bonds. The first-order valence-electron chi connectivity index (χ1n) is 5.29. The summed E-state index contributed by atoms with van der Waals surface area (Å²) in [6.45, 7) is 5.47. The topological polar surface area (TPSA) is 81.4 Å². The third-order valence-corrected chi connectivity index (χ3v) is 2.97. The van der Waals surface area contributed by atoms with Crippen LogP contribution in [0.25, 0.3) is 0 Å². The van der Waals surface area contributed by atoms with Gasteiger partial charge in [0.2, 0.25) is 5.91 Å². The molecule has 17 heavy (non-hydrogen) atoms. The number of ether oxygens (including phenoxy) is 1. The average molecular weight is 256 g/mol. The van der Waals surface area contributed by atoms with E-state index in [9.17, 15) is 9.59 Å². The number of thiophene rings is 1. The Labute approximate surface area is 104 Å². The Balaban J connectivity index is 2.92. The van der Waals surface area contributed by atoms with Gasteiger partial charge in [0.25, 0.3) is 0 Å². The number of esters is 1. The van der Waals surface area contributed by atoms with E-state index in [1.807, 2.05) is 6.92 Å². The molecule has 0 aliphatic rings. The molecule has 0 saturated heterocycles. The van der Waals surface area contributed by atoms with Crippen LogP contribution in [0.5, 0.6) is 0 Å². The molecule has 1 heterocycles. The van der Waals surface area contributed by atoms with E-state index in [2.05, 4.69) is 5.32 Å². The first kappa shape index (κ1) is 13.7. The Morgan fingerprint density at radius 1 is 1.59 bits per heavy atom. The Bertz CT molecular complexity index is 426. The van der Waals surface area contributed by atoms with Crippen molar-refractivity contribution >= 4 is 28.2 Å². The molecule has 0 aliphatic carbocycles. The van der Waals surface area contributed by atoms with Crippen LogP contribution in [-0.4, -0.2) is 24.5 Å². The molecular weight excluding hydrogens is 240 g/mol. The molecule has 3 N–H and O–H groups in total. The molecule has 0 aromatic carbocycles.